The van der Waals surface area contributed by atoms with Gasteiger partial charge in [-0.25, -0.2) is 13.1 Å². The van der Waals surface area contributed by atoms with Crippen LogP contribution in [0.25, 0.3) is 27.8 Å². The van der Waals surface area contributed by atoms with Crippen molar-refractivity contribution in [3.8, 4) is 11.4 Å². The molecule has 30 heavy (non-hydrogen) atoms. The molecular weight excluding hydrogens is 402 g/mol. The summed E-state index contributed by atoms with van der Waals surface area (Å²) in [5.74, 6) is 0.495. The molecule has 2 aromatic heterocycles. The first kappa shape index (κ1) is 19.1. The van der Waals surface area contributed by atoms with E-state index in [1.54, 1.807) is 22.7 Å². The highest BCUT2D eigenvalue weighted by atomic mass is 32.2. The fourth-order valence-corrected chi connectivity index (χ4v) is 4.93. The number of benzene rings is 2. The zero-order valence-electron chi connectivity index (χ0n) is 16.4. The molecule has 9 heteroatoms. The first-order valence-corrected chi connectivity index (χ1v) is 11.3. The number of aryl methyl sites for hydroxylation is 1. The van der Waals surface area contributed by atoms with Crippen LogP contribution in [0.3, 0.4) is 0 Å². The summed E-state index contributed by atoms with van der Waals surface area (Å²) >= 11 is 0. The highest BCUT2D eigenvalue weighted by Crippen LogP contribution is 2.26. The van der Waals surface area contributed by atoms with Crippen LogP contribution in [0.5, 0.6) is 0 Å². The van der Waals surface area contributed by atoms with Gasteiger partial charge in [-0.3, -0.25) is 0 Å². The number of hydrogen-bond acceptors (Lipinski definition) is 6. The number of sulfonamides is 1. The zero-order chi connectivity index (χ0) is 20.7. The van der Waals surface area contributed by atoms with Crippen molar-refractivity contribution in [1.82, 2.24) is 24.5 Å². The minimum absolute atomic E-state index is 0.0659. The van der Waals surface area contributed by atoms with E-state index in [9.17, 15) is 8.42 Å². The molecule has 0 radical (unpaired) electrons. The molecule has 8 nitrogen and oxygen atoms in total. The first-order chi connectivity index (χ1) is 14.5. The number of rotatable bonds is 5. The third-order valence-electron chi connectivity index (χ3n) is 5.38. The monoisotopic (exact) mass is 423 g/mol. The van der Waals surface area contributed by atoms with Crippen LogP contribution in [0.4, 0.5) is 0 Å². The third kappa shape index (κ3) is 3.34. The molecule has 0 bridgehead atoms. The Balaban J connectivity index is 1.53. The lowest BCUT2D eigenvalue weighted by atomic mass is 10.1. The molecule has 4 aromatic rings. The molecule has 2 aromatic carbocycles. The van der Waals surface area contributed by atoms with Crippen LogP contribution >= 0.6 is 0 Å². The van der Waals surface area contributed by atoms with Crippen LogP contribution in [0.15, 0.2) is 53.4 Å². The van der Waals surface area contributed by atoms with Crippen LogP contribution in [0.2, 0.25) is 0 Å². The topological polar surface area (TPSA) is 98.5 Å². The Labute approximate surface area is 173 Å². The number of fused-ring (bicyclic) bond motifs is 3. The molecule has 1 aliphatic heterocycles. The molecule has 0 spiro atoms. The van der Waals surface area contributed by atoms with Crippen LogP contribution in [0.1, 0.15) is 18.5 Å². The minimum atomic E-state index is -3.67. The van der Waals surface area contributed by atoms with Crippen molar-refractivity contribution in [2.45, 2.75) is 30.8 Å². The van der Waals surface area contributed by atoms with Gasteiger partial charge in [0.1, 0.15) is 0 Å². The third-order valence-corrected chi connectivity index (χ3v) is 6.80. The molecule has 5 rings (SSSR count). The average Bonchev–Trinajstić information content (AvgIpc) is 3.43. The lowest BCUT2D eigenvalue weighted by Crippen LogP contribution is -2.31. The molecule has 1 fully saturated rings. The Morgan fingerprint density at radius 1 is 1.13 bits per heavy atom. The predicted molar refractivity (Wildman–Crippen MR) is 113 cm³/mol. The molecular formula is C21H21N5O3S. The number of ether oxygens (including phenoxy) is 1. The van der Waals surface area contributed by atoms with Crippen LogP contribution in [-0.4, -0.2) is 47.5 Å². The van der Waals surface area contributed by atoms with E-state index >= 15 is 0 Å². The molecule has 3 heterocycles. The second kappa shape index (κ2) is 7.42. The summed E-state index contributed by atoms with van der Waals surface area (Å²) in [6, 6.07) is 14.6. The Morgan fingerprint density at radius 3 is 2.77 bits per heavy atom. The zero-order valence-corrected chi connectivity index (χ0v) is 17.3. The van der Waals surface area contributed by atoms with Gasteiger partial charge in [-0.1, -0.05) is 36.4 Å². The molecule has 154 valence electrons. The maximum atomic E-state index is 12.8. The minimum Gasteiger partial charge on any atom is -0.377 e. The first-order valence-electron chi connectivity index (χ1n) is 9.85. The normalized spacial score (nSPS) is 17.2. The Bertz CT molecular complexity index is 1340. The molecule has 0 saturated carbocycles. The van der Waals surface area contributed by atoms with Gasteiger partial charge in [0.15, 0.2) is 11.5 Å². The van der Waals surface area contributed by atoms with E-state index in [1.165, 1.54) is 0 Å². The van der Waals surface area contributed by atoms with Crippen molar-refractivity contribution in [2.24, 2.45) is 0 Å². The lowest BCUT2D eigenvalue weighted by Gasteiger charge is -2.12. The van der Waals surface area contributed by atoms with Crippen LogP contribution in [-0.2, 0) is 14.8 Å². The summed E-state index contributed by atoms with van der Waals surface area (Å²) in [6.07, 6.45) is 1.76. The summed E-state index contributed by atoms with van der Waals surface area (Å²) < 4.78 is 35.4. The average molecular weight is 423 g/mol. The largest absolute Gasteiger partial charge is 0.377 e. The Morgan fingerprint density at radius 2 is 1.97 bits per heavy atom. The number of nitrogens with one attached hydrogen (secondary N) is 1. The molecule has 1 aliphatic rings. The number of hydrogen-bond donors (Lipinski definition) is 1. The van der Waals surface area contributed by atoms with Gasteiger partial charge in [0, 0.05) is 29.5 Å². The maximum absolute atomic E-state index is 12.8. The van der Waals surface area contributed by atoms with Crippen molar-refractivity contribution in [3.63, 3.8) is 0 Å². The lowest BCUT2D eigenvalue weighted by molar-refractivity contribution is 0.114. The van der Waals surface area contributed by atoms with Gasteiger partial charge in [-0.05, 0) is 31.9 Å². The highest BCUT2D eigenvalue weighted by Gasteiger charge is 2.21. The maximum Gasteiger partial charge on any atom is 0.240 e. The molecule has 0 unspecified atom stereocenters. The van der Waals surface area contributed by atoms with Gasteiger partial charge in [0.05, 0.1) is 16.7 Å². The molecule has 1 N–H and O–H groups in total. The van der Waals surface area contributed by atoms with E-state index in [0.29, 0.717) is 23.6 Å². The van der Waals surface area contributed by atoms with E-state index in [1.807, 2.05) is 37.3 Å². The fraction of sp³-hybridized carbons (Fsp3) is 0.286. The van der Waals surface area contributed by atoms with E-state index in [2.05, 4.69) is 20.0 Å². The molecule has 1 saturated heterocycles. The quantitative estimate of drug-likeness (QED) is 0.530. The highest BCUT2D eigenvalue weighted by molar-refractivity contribution is 7.89. The summed E-state index contributed by atoms with van der Waals surface area (Å²) in [4.78, 5) is 0.173. The van der Waals surface area contributed by atoms with Crippen LogP contribution in [0, 0.1) is 6.92 Å². The van der Waals surface area contributed by atoms with Crippen molar-refractivity contribution < 1.29 is 13.2 Å². The number of nitrogens with zero attached hydrogens (tertiary/aromatic N) is 4. The Hall–Kier alpha value is -2.88. The number of aromatic nitrogens is 4. The smallest absolute Gasteiger partial charge is 0.240 e. The standard InChI is InChI=1S/C21H21N5O3S/c1-14-18-9-2-3-10-19(18)21-24-23-20(26(21)25-14)15-6-4-8-17(12-15)30(27,28)22-13-16-7-5-11-29-16/h2-4,6,8-10,12,16,22H,5,7,11,13H2,1H3/t16-/m0/s1. The Kier molecular flexibility index (Phi) is 4.73. The molecule has 0 amide bonds. The van der Waals surface area contributed by atoms with Crippen molar-refractivity contribution in [2.75, 3.05) is 13.2 Å². The van der Waals surface area contributed by atoms with E-state index in [0.717, 1.165) is 29.3 Å². The fourth-order valence-electron chi connectivity index (χ4n) is 3.81. The van der Waals surface area contributed by atoms with Gasteiger partial charge in [-0.2, -0.15) is 9.61 Å². The van der Waals surface area contributed by atoms with Gasteiger partial charge in [-0.15, -0.1) is 10.2 Å². The van der Waals surface area contributed by atoms with Crippen molar-refractivity contribution in [3.05, 3.63) is 54.2 Å². The summed E-state index contributed by atoms with van der Waals surface area (Å²) in [5.41, 5.74) is 2.11. The van der Waals surface area contributed by atoms with Crippen molar-refractivity contribution in [1.29, 1.82) is 0 Å². The summed E-state index contributed by atoms with van der Waals surface area (Å²) in [7, 11) is -3.67. The SMILES string of the molecule is Cc1nn2c(-c3cccc(S(=O)(=O)NC[C@@H]4CCCO4)c3)nnc2c2ccccc12. The molecule has 0 aliphatic carbocycles. The van der Waals surface area contributed by atoms with E-state index < -0.39 is 10.0 Å². The molecule has 1 atom stereocenters. The van der Waals surface area contributed by atoms with Crippen LogP contribution < -0.4 is 4.72 Å². The van der Waals surface area contributed by atoms with Gasteiger partial charge in [0.25, 0.3) is 0 Å². The van der Waals surface area contributed by atoms with Crippen molar-refractivity contribution >= 4 is 26.4 Å². The van der Waals surface area contributed by atoms with E-state index in [4.69, 9.17) is 4.74 Å². The van der Waals surface area contributed by atoms with E-state index in [-0.39, 0.29) is 17.5 Å². The second-order valence-electron chi connectivity index (χ2n) is 7.40. The summed E-state index contributed by atoms with van der Waals surface area (Å²) in [5, 5.41) is 15.2. The van der Waals surface area contributed by atoms with Gasteiger partial charge < -0.3 is 4.74 Å². The van der Waals surface area contributed by atoms with Gasteiger partial charge in [0.2, 0.25) is 10.0 Å². The van der Waals surface area contributed by atoms with Gasteiger partial charge >= 0.3 is 0 Å². The second-order valence-corrected chi connectivity index (χ2v) is 9.17. The summed E-state index contributed by atoms with van der Waals surface area (Å²) in [6.45, 7) is 2.89. The predicted octanol–water partition coefficient (Wildman–Crippen LogP) is 2.71.